The summed E-state index contributed by atoms with van der Waals surface area (Å²) in [6, 6.07) is 31.0. The van der Waals surface area contributed by atoms with Crippen LogP contribution < -0.4 is 28.4 Å². The molecule has 0 fully saturated rings. The molecule has 12 nitrogen and oxygen atoms in total. The Morgan fingerprint density at radius 1 is 0.315 bits per heavy atom. The second kappa shape index (κ2) is 25.5. The predicted molar refractivity (Wildman–Crippen MR) is 201 cm³/mol. The Balaban J connectivity index is 1.07. The third-order valence-electron chi connectivity index (χ3n) is 7.68. The van der Waals surface area contributed by atoms with Crippen molar-refractivity contribution in [1.29, 1.82) is 0 Å². The molecule has 0 spiro atoms. The van der Waals surface area contributed by atoms with Gasteiger partial charge in [0.1, 0.15) is 74.1 Å². The molecule has 0 aliphatic carbocycles. The fraction of sp³-hybridized carbons (Fsp3) is 0.429. The quantitative estimate of drug-likeness (QED) is 0.225. The van der Waals surface area contributed by atoms with Crippen molar-refractivity contribution in [2.75, 3.05) is 106 Å². The van der Waals surface area contributed by atoms with E-state index in [4.69, 9.17) is 56.8 Å². The lowest BCUT2D eigenvalue weighted by Gasteiger charge is -2.14. The zero-order valence-electron chi connectivity index (χ0n) is 30.9. The molecule has 0 saturated heterocycles. The standard InChI is InChI=1S/C42H52O12/c1-3-7-35(8-4-1)33-53-41-29-37-27-38(30-41)50-24-20-46-16-12-44-14-18-48-22-26-52-40-28-39(31-42(32-40)54-34-36-9-5-2-6-10-36)51-25-21-47-17-13-43-11-15-45-19-23-49-37/h1-10,27-32H,11-26,33-34H2. The minimum Gasteiger partial charge on any atom is -0.491 e. The number of hydrogen-bond donors (Lipinski definition) is 0. The van der Waals surface area contributed by atoms with Crippen LogP contribution in [0, 0.1) is 0 Å². The van der Waals surface area contributed by atoms with Gasteiger partial charge in [-0.1, -0.05) is 60.7 Å². The minimum absolute atomic E-state index is 0.356. The normalized spacial score (nSPS) is 16.7. The summed E-state index contributed by atoms with van der Waals surface area (Å²) in [6.45, 7) is 7.38. The third-order valence-corrected chi connectivity index (χ3v) is 7.68. The van der Waals surface area contributed by atoms with Gasteiger partial charge < -0.3 is 56.8 Å². The third kappa shape index (κ3) is 17.1. The Labute approximate surface area is 318 Å². The Bertz CT molecular complexity index is 1370. The maximum atomic E-state index is 6.05. The summed E-state index contributed by atoms with van der Waals surface area (Å²) in [5.41, 5.74) is 2.13. The highest BCUT2D eigenvalue weighted by atomic mass is 16.6. The van der Waals surface area contributed by atoms with E-state index < -0.39 is 0 Å². The lowest BCUT2D eigenvalue weighted by Crippen LogP contribution is -2.15. The summed E-state index contributed by atoms with van der Waals surface area (Å²) < 4.78 is 70.1. The zero-order valence-corrected chi connectivity index (χ0v) is 30.9. The van der Waals surface area contributed by atoms with Gasteiger partial charge in [-0.2, -0.15) is 0 Å². The van der Waals surface area contributed by atoms with Crippen molar-refractivity contribution in [2.45, 2.75) is 13.2 Å². The van der Waals surface area contributed by atoms with E-state index in [1.807, 2.05) is 97.1 Å². The average molecular weight is 749 g/mol. The first-order chi connectivity index (χ1) is 26.8. The molecule has 1 aliphatic heterocycles. The monoisotopic (exact) mass is 748 g/mol. The molecule has 0 N–H and O–H groups in total. The van der Waals surface area contributed by atoms with E-state index in [0.717, 1.165) is 11.1 Å². The molecule has 0 atom stereocenters. The number of ether oxygens (including phenoxy) is 12. The van der Waals surface area contributed by atoms with Crippen LogP contribution in [0.5, 0.6) is 34.5 Å². The van der Waals surface area contributed by atoms with E-state index in [0.29, 0.717) is 153 Å². The number of hydrogen-bond acceptors (Lipinski definition) is 12. The topological polar surface area (TPSA) is 111 Å². The van der Waals surface area contributed by atoms with Gasteiger partial charge in [0.05, 0.1) is 79.3 Å². The SMILES string of the molecule is c1ccc(COc2cc3cc(c2)OCCOCCOCCOCCOc2cc(cc(OCc4ccccc4)c2)OCCOCCOCCOCCO3)cc1. The average Bonchev–Trinajstić information content (AvgIpc) is 3.20. The molecular formula is C42H52O12. The summed E-state index contributed by atoms with van der Waals surface area (Å²) in [6.07, 6.45) is 0. The van der Waals surface area contributed by atoms with Gasteiger partial charge in [0, 0.05) is 36.4 Å². The summed E-state index contributed by atoms with van der Waals surface area (Å²) in [5.74, 6) is 3.76. The van der Waals surface area contributed by atoms with Gasteiger partial charge in [-0.15, -0.1) is 0 Å². The fourth-order valence-electron chi connectivity index (χ4n) is 5.03. The van der Waals surface area contributed by atoms with Crippen LogP contribution in [-0.2, 0) is 41.6 Å². The van der Waals surface area contributed by atoms with Crippen molar-refractivity contribution in [1.82, 2.24) is 0 Å². The first kappa shape index (κ1) is 40.6. The van der Waals surface area contributed by atoms with Gasteiger partial charge in [0.15, 0.2) is 0 Å². The fourth-order valence-corrected chi connectivity index (χ4v) is 5.03. The molecule has 1 heterocycles. The number of fused-ring (bicyclic) bond motifs is 4. The molecule has 4 bridgehead atoms. The molecule has 0 aromatic heterocycles. The second-order valence-corrected chi connectivity index (χ2v) is 11.9. The first-order valence-electron chi connectivity index (χ1n) is 18.4. The second-order valence-electron chi connectivity index (χ2n) is 11.9. The molecule has 292 valence electrons. The summed E-state index contributed by atoms with van der Waals surface area (Å²) in [7, 11) is 0. The van der Waals surface area contributed by atoms with Crippen LogP contribution in [0.15, 0.2) is 97.1 Å². The molecule has 4 aromatic carbocycles. The molecule has 12 heteroatoms. The summed E-state index contributed by atoms with van der Waals surface area (Å²) >= 11 is 0. The van der Waals surface area contributed by atoms with Crippen molar-refractivity contribution < 1.29 is 56.8 Å². The Hall–Kier alpha value is -4.56. The van der Waals surface area contributed by atoms with E-state index in [2.05, 4.69) is 0 Å². The Kier molecular flexibility index (Phi) is 19.1. The smallest absolute Gasteiger partial charge is 0.127 e. The van der Waals surface area contributed by atoms with Gasteiger partial charge >= 0.3 is 0 Å². The van der Waals surface area contributed by atoms with Gasteiger partial charge in [0.25, 0.3) is 0 Å². The van der Waals surface area contributed by atoms with Gasteiger partial charge in [-0.3, -0.25) is 0 Å². The highest BCUT2D eigenvalue weighted by Gasteiger charge is 2.08. The predicted octanol–water partition coefficient (Wildman–Crippen LogP) is 6.17. The van der Waals surface area contributed by atoms with Crippen LogP contribution in [0.2, 0.25) is 0 Å². The van der Waals surface area contributed by atoms with Gasteiger partial charge in [0.2, 0.25) is 0 Å². The van der Waals surface area contributed by atoms with E-state index in [1.54, 1.807) is 0 Å². The molecule has 0 saturated carbocycles. The van der Waals surface area contributed by atoms with Crippen LogP contribution in [0.3, 0.4) is 0 Å². The lowest BCUT2D eigenvalue weighted by atomic mass is 10.2. The maximum Gasteiger partial charge on any atom is 0.127 e. The van der Waals surface area contributed by atoms with Crippen LogP contribution in [0.1, 0.15) is 11.1 Å². The number of benzene rings is 4. The van der Waals surface area contributed by atoms with Crippen molar-refractivity contribution in [2.24, 2.45) is 0 Å². The summed E-state index contributed by atoms with van der Waals surface area (Å²) in [4.78, 5) is 0. The van der Waals surface area contributed by atoms with Gasteiger partial charge in [-0.05, 0) is 11.1 Å². The first-order valence-corrected chi connectivity index (χ1v) is 18.4. The number of rotatable bonds is 6. The Morgan fingerprint density at radius 2 is 0.574 bits per heavy atom. The summed E-state index contributed by atoms with van der Waals surface area (Å²) in [5, 5.41) is 0. The van der Waals surface area contributed by atoms with Crippen molar-refractivity contribution >= 4 is 0 Å². The molecule has 0 radical (unpaired) electrons. The van der Waals surface area contributed by atoms with Crippen LogP contribution in [0.4, 0.5) is 0 Å². The molecule has 0 unspecified atom stereocenters. The molecule has 5 rings (SSSR count). The van der Waals surface area contributed by atoms with Crippen molar-refractivity contribution in [3.63, 3.8) is 0 Å². The Morgan fingerprint density at radius 3 is 0.852 bits per heavy atom. The molecule has 54 heavy (non-hydrogen) atoms. The highest BCUT2D eigenvalue weighted by Crippen LogP contribution is 2.30. The van der Waals surface area contributed by atoms with Crippen LogP contribution in [0.25, 0.3) is 0 Å². The lowest BCUT2D eigenvalue weighted by molar-refractivity contribution is 0.00430. The molecule has 0 amide bonds. The molecule has 4 aromatic rings. The van der Waals surface area contributed by atoms with Crippen LogP contribution >= 0.6 is 0 Å². The van der Waals surface area contributed by atoms with Crippen molar-refractivity contribution in [3.8, 4) is 34.5 Å². The van der Waals surface area contributed by atoms with E-state index in [9.17, 15) is 0 Å². The van der Waals surface area contributed by atoms with Crippen molar-refractivity contribution in [3.05, 3.63) is 108 Å². The highest BCUT2D eigenvalue weighted by molar-refractivity contribution is 5.43. The van der Waals surface area contributed by atoms with Crippen LogP contribution in [-0.4, -0.2) is 106 Å². The largest absolute Gasteiger partial charge is 0.491 e. The van der Waals surface area contributed by atoms with E-state index in [-0.39, 0.29) is 0 Å². The van der Waals surface area contributed by atoms with Gasteiger partial charge in [-0.25, -0.2) is 0 Å². The van der Waals surface area contributed by atoms with E-state index >= 15 is 0 Å². The molecule has 1 aliphatic rings. The minimum atomic E-state index is 0.356. The molecular weight excluding hydrogens is 696 g/mol. The van der Waals surface area contributed by atoms with E-state index in [1.165, 1.54) is 0 Å². The maximum absolute atomic E-state index is 6.05. The zero-order chi connectivity index (χ0) is 37.1.